The molecule has 1 aromatic rings. The van der Waals surface area contributed by atoms with Crippen LogP contribution >= 0.6 is 0 Å². The minimum atomic E-state index is 0.322. The Kier molecular flexibility index (Phi) is 4.74. The zero-order chi connectivity index (χ0) is 12.1. The minimum Gasteiger partial charge on any atom is -0.495 e. The third kappa shape index (κ3) is 2.95. The lowest BCUT2D eigenvalue weighted by Crippen LogP contribution is -2.26. The van der Waals surface area contributed by atoms with E-state index in [1.165, 1.54) is 5.56 Å². The van der Waals surface area contributed by atoms with Crippen molar-refractivity contribution < 1.29 is 4.74 Å². The second-order valence-corrected chi connectivity index (χ2v) is 4.53. The molecule has 0 bridgehead atoms. The van der Waals surface area contributed by atoms with Crippen LogP contribution in [0.2, 0.25) is 0 Å². The molecule has 2 unspecified atom stereocenters. The molecule has 3 heteroatoms. The van der Waals surface area contributed by atoms with Crippen LogP contribution in [0.4, 0.5) is 0 Å². The van der Waals surface area contributed by atoms with Gasteiger partial charge in [-0.3, -0.25) is 4.98 Å². The van der Waals surface area contributed by atoms with Gasteiger partial charge in [-0.25, -0.2) is 0 Å². The fraction of sp³-hybridized carbons (Fsp3) is 0.615. The summed E-state index contributed by atoms with van der Waals surface area (Å²) in [6.07, 6.45) is 3.64. The van der Waals surface area contributed by atoms with Gasteiger partial charge < -0.3 is 10.1 Å². The Morgan fingerprint density at radius 1 is 1.25 bits per heavy atom. The number of nitrogens with one attached hydrogen (secondary N) is 1. The molecule has 0 saturated carbocycles. The Balaban J connectivity index is 2.94. The van der Waals surface area contributed by atoms with Gasteiger partial charge in [0.05, 0.1) is 13.3 Å². The fourth-order valence-electron chi connectivity index (χ4n) is 1.84. The van der Waals surface area contributed by atoms with Crippen molar-refractivity contribution in [2.75, 3.05) is 14.2 Å². The molecule has 16 heavy (non-hydrogen) atoms. The molecule has 0 amide bonds. The van der Waals surface area contributed by atoms with E-state index >= 15 is 0 Å². The molecule has 90 valence electrons. The minimum absolute atomic E-state index is 0.322. The Labute approximate surface area is 98.2 Å². The standard InChI is InChI=1S/C13H22N2O/c1-9(2)10(3)13(14-4)11-6-12(16-5)8-15-7-11/h6-10,13-14H,1-5H3. The van der Waals surface area contributed by atoms with Gasteiger partial charge >= 0.3 is 0 Å². The predicted octanol–water partition coefficient (Wildman–Crippen LogP) is 2.64. The zero-order valence-electron chi connectivity index (χ0n) is 10.8. The Morgan fingerprint density at radius 2 is 1.94 bits per heavy atom. The van der Waals surface area contributed by atoms with Gasteiger partial charge in [-0.05, 0) is 30.5 Å². The second kappa shape index (κ2) is 5.85. The second-order valence-electron chi connectivity index (χ2n) is 4.53. The molecule has 3 nitrogen and oxygen atoms in total. The van der Waals surface area contributed by atoms with Crippen molar-refractivity contribution in [3.8, 4) is 5.75 Å². The summed E-state index contributed by atoms with van der Waals surface area (Å²) in [6.45, 7) is 6.73. The Bertz CT molecular complexity index is 325. The first kappa shape index (κ1) is 13.0. The van der Waals surface area contributed by atoms with Gasteiger partial charge in [0.15, 0.2) is 0 Å². The number of ether oxygens (including phenoxy) is 1. The van der Waals surface area contributed by atoms with Gasteiger partial charge in [0.1, 0.15) is 5.75 Å². The first-order valence-corrected chi connectivity index (χ1v) is 5.76. The summed E-state index contributed by atoms with van der Waals surface area (Å²) in [5.41, 5.74) is 1.18. The van der Waals surface area contributed by atoms with E-state index in [1.54, 1.807) is 13.3 Å². The third-order valence-electron chi connectivity index (χ3n) is 3.22. The Morgan fingerprint density at radius 3 is 2.44 bits per heavy atom. The molecule has 1 rings (SSSR count). The predicted molar refractivity (Wildman–Crippen MR) is 66.6 cm³/mol. The van der Waals surface area contributed by atoms with Crippen molar-refractivity contribution in [1.29, 1.82) is 0 Å². The van der Waals surface area contributed by atoms with Crippen molar-refractivity contribution in [3.63, 3.8) is 0 Å². The highest BCUT2D eigenvalue weighted by atomic mass is 16.5. The van der Waals surface area contributed by atoms with E-state index in [1.807, 2.05) is 19.3 Å². The summed E-state index contributed by atoms with van der Waals surface area (Å²) in [4.78, 5) is 4.20. The van der Waals surface area contributed by atoms with Crippen LogP contribution in [0.5, 0.6) is 5.75 Å². The van der Waals surface area contributed by atoms with Gasteiger partial charge in [0, 0.05) is 12.2 Å². The summed E-state index contributed by atoms with van der Waals surface area (Å²) in [7, 11) is 3.66. The zero-order valence-corrected chi connectivity index (χ0v) is 10.8. The van der Waals surface area contributed by atoms with E-state index in [-0.39, 0.29) is 0 Å². The largest absolute Gasteiger partial charge is 0.495 e. The van der Waals surface area contributed by atoms with Crippen molar-refractivity contribution in [1.82, 2.24) is 10.3 Å². The van der Waals surface area contributed by atoms with Gasteiger partial charge in [0.25, 0.3) is 0 Å². The monoisotopic (exact) mass is 222 g/mol. The van der Waals surface area contributed by atoms with Crippen LogP contribution in [0.1, 0.15) is 32.4 Å². The molecule has 1 N–H and O–H groups in total. The number of aromatic nitrogens is 1. The van der Waals surface area contributed by atoms with Crippen molar-refractivity contribution in [3.05, 3.63) is 24.0 Å². The topological polar surface area (TPSA) is 34.2 Å². The SMILES string of the molecule is CNC(c1cncc(OC)c1)C(C)C(C)C. The number of nitrogens with zero attached hydrogens (tertiary/aromatic N) is 1. The molecule has 0 spiro atoms. The third-order valence-corrected chi connectivity index (χ3v) is 3.22. The first-order valence-electron chi connectivity index (χ1n) is 5.76. The van der Waals surface area contributed by atoms with Crippen LogP contribution in [0, 0.1) is 11.8 Å². The van der Waals surface area contributed by atoms with Gasteiger partial charge in [-0.15, -0.1) is 0 Å². The van der Waals surface area contributed by atoms with E-state index in [9.17, 15) is 0 Å². The Hall–Kier alpha value is -1.09. The summed E-state index contributed by atoms with van der Waals surface area (Å²) >= 11 is 0. The van der Waals surface area contributed by atoms with Crippen molar-refractivity contribution in [2.24, 2.45) is 11.8 Å². The number of rotatable bonds is 5. The maximum atomic E-state index is 5.20. The molecule has 1 heterocycles. The summed E-state index contributed by atoms with van der Waals surface area (Å²) in [5, 5.41) is 3.36. The van der Waals surface area contributed by atoms with E-state index in [4.69, 9.17) is 4.74 Å². The average Bonchev–Trinajstić information content (AvgIpc) is 2.30. The van der Waals surface area contributed by atoms with Gasteiger partial charge in [0.2, 0.25) is 0 Å². The van der Waals surface area contributed by atoms with E-state index in [2.05, 4.69) is 31.1 Å². The maximum absolute atomic E-state index is 5.20. The number of hydrogen-bond donors (Lipinski definition) is 1. The molecule has 2 atom stereocenters. The summed E-state index contributed by atoms with van der Waals surface area (Å²) < 4.78 is 5.20. The quantitative estimate of drug-likeness (QED) is 0.831. The van der Waals surface area contributed by atoms with E-state index < -0.39 is 0 Å². The first-order chi connectivity index (χ1) is 7.60. The molecule has 0 aromatic carbocycles. The molecule has 0 aliphatic heterocycles. The fourth-order valence-corrected chi connectivity index (χ4v) is 1.84. The van der Waals surface area contributed by atoms with Crippen LogP contribution in [0.25, 0.3) is 0 Å². The van der Waals surface area contributed by atoms with Crippen LogP contribution < -0.4 is 10.1 Å². The van der Waals surface area contributed by atoms with Gasteiger partial charge in [-0.2, -0.15) is 0 Å². The molecule has 0 fully saturated rings. The van der Waals surface area contributed by atoms with Crippen LogP contribution in [0.3, 0.4) is 0 Å². The van der Waals surface area contributed by atoms with E-state index in [0.717, 1.165) is 5.75 Å². The molecule has 0 aliphatic rings. The molecule has 0 radical (unpaired) electrons. The molecular weight excluding hydrogens is 200 g/mol. The number of hydrogen-bond acceptors (Lipinski definition) is 3. The molecule has 0 aliphatic carbocycles. The van der Waals surface area contributed by atoms with Crippen molar-refractivity contribution in [2.45, 2.75) is 26.8 Å². The van der Waals surface area contributed by atoms with Gasteiger partial charge in [-0.1, -0.05) is 20.8 Å². The maximum Gasteiger partial charge on any atom is 0.137 e. The number of methoxy groups -OCH3 is 1. The lowest BCUT2D eigenvalue weighted by Gasteiger charge is -2.27. The normalized spacial score (nSPS) is 14.9. The highest BCUT2D eigenvalue weighted by molar-refractivity contribution is 5.26. The lowest BCUT2D eigenvalue weighted by molar-refractivity contribution is 0.315. The summed E-state index contributed by atoms with van der Waals surface area (Å²) in [6, 6.07) is 2.37. The van der Waals surface area contributed by atoms with Crippen LogP contribution in [0.15, 0.2) is 18.5 Å². The molecule has 1 aromatic heterocycles. The highest BCUT2D eigenvalue weighted by Gasteiger charge is 2.20. The average molecular weight is 222 g/mol. The molecule has 0 saturated heterocycles. The van der Waals surface area contributed by atoms with Crippen LogP contribution in [-0.2, 0) is 0 Å². The lowest BCUT2D eigenvalue weighted by atomic mass is 9.87. The van der Waals surface area contributed by atoms with Crippen LogP contribution in [-0.4, -0.2) is 19.1 Å². The highest BCUT2D eigenvalue weighted by Crippen LogP contribution is 2.28. The smallest absolute Gasteiger partial charge is 0.137 e. The van der Waals surface area contributed by atoms with Crippen molar-refractivity contribution >= 4 is 0 Å². The molecular formula is C13H22N2O. The van der Waals surface area contributed by atoms with E-state index in [0.29, 0.717) is 17.9 Å². The number of pyridine rings is 1. The summed E-state index contributed by atoms with van der Waals surface area (Å²) in [5.74, 6) is 2.00.